The minimum Gasteiger partial charge on any atom is -0.378 e. The fraction of sp³-hybridized carbons (Fsp3) is 0.542. The SMILES string of the molecule is CS(=O)(=O)N[C@H]1CCN(c2ccccn2)C[C@H]1COC1CCC(c2ccccc2F)CC1. The Bertz CT molecular complexity index is 981. The van der Waals surface area contributed by atoms with Gasteiger partial charge in [0.2, 0.25) is 10.0 Å². The van der Waals surface area contributed by atoms with E-state index >= 15 is 0 Å². The number of halogens is 1. The van der Waals surface area contributed by atoms with E-state index in [1.807, 2.05) is 30.3 Å². The summed E-state index contributed by atoms with van der Waals surface area (Å²) in [6, 6.07) is 12.7. The number of anilines is 1. The molecule has 2 heterocycles. The van der Waals surface area contributed by atoms with Gasteiger partial charge in [0.1, 0.15) is 11.6 Å². The van der Waals surface area contributed by atoms with Crippen molar-refractivity contribution in [3.63, 3.8) is 0 Å². The standard InChI is InChI=1S/C24H32FN3O3S/c1-32(29,30)27-23-13-15-28(24-8-4-5-14-26-24)16-19(23)17-31-20-11-9-18(10-12-20)21-6-2-3-7-22(21)25/h2-8,14,18-20,23,27H,9-13,15-17H2,1H3/t18?,19-,20?,23-/m0/s1. The van der Waals surface area contributed by atoms with Crippen LogP contribution in [0.3, 0.4) is 0 Å². The van der Waals surface area contributed by atoms with Gasteiger partial charge in [-0.25, -0.2) is 22.5 Å². The van der Waals surface area contributed by atoms with E-state index in [0.29, 0.717) is 19.6 Å². The van der Waals surface area contributed by atoms with Gasteiger partial charge in [-0.15, -0.1) is 0 Å². The van der Waals surface area contributed by atoms with Crippen LogP contribution in [0.1, 0.15) is 43.6 Å². The molecule has 0 bridgehead atoms. The minimum atomic E-state index is -3.30. The Kier molecular flexibility index (Phi) is 7.43. The first-order valence-electron chi connectivity index (χ1n) is 11.4. The Labute approximate surface area is 190 Å². The van der Waals surface area contributed by atoms with Gasteiger partial charge in [0.05, 0.1) is 19.0 Å². The molecule has 1 aliphatic carbocycles. The lowest BCUT2D eigenvalue weighted by atomic mass is 9.82. The summed E-state index contributed by atoms with van der Waals surface area (Å²) in [4.78, 5) is 6.64. The maximum atomic E-state index is 14.1. The molecular formula is C24H32FN3O3S. The van der Waals surface area contributed by atoms with Crippen molar-refractivity contribution in [1.82, 2.24) is 9.71 Å². The van der Waals surface area contributed by atoms with E-state index in [1.165, 1.54) is 12.3 Å². The second kappa shape index (κ2) is 10.3. The molecule has 1 aromatic heterocycles. The lowest BCUT2D eigenvalue weighted by Gasteiger charge is -2.40. The van der Waals surface area contributed by atoms with Gasteiger partial charge in [-0.2, -0.15) is 0 Å². The average Bonchev–Trinajstić information content (AvgIpc) is 2.79. The van der Waals surface area contributed by atoms with Gasteiger partial charge in [0.15, 0.2) is 0 Å². The molecule has 0 unspecified atom stereocenters. The van der Waals surface area contributed by atoms with Crippen molar-refractivity contribution < 1.29 is 17.5 Å². The van der Waals surface area contributed by atoms with Crippen molar-refractivity contribution in [1.29, 1.82) is 0 Å². The van der Waals surface area contributed by atoms with E-state index < -0.39 is 10.0 Å². The fourth-order valence-corrected chi connectivity index (χ4v) is 5.85. The maximum Gasteiger partial charge on any atom is 0.208 e. The zero-order chi connectivity index (χ0) is 22.6. The van der Waals surface area contributed by atoms with Gasteiger partial charge in [-0.3, -0.25) is 0 Å². The van der Waals surface area contributed by atoms with Crippen LogP contribution >= 0.6 is 0 Å². The van der Waals surface area contributed by atoms with Crippen LogP contribution in [-0.4, -0.2) is 51.5 Å². The van der Waals surface area contributed by atoms with Crippen molar-refractivity contribution in [3.8, 4) is 0 Å². The minimum absolute atomic E-state index is 0.0322. The Morgan fingerprint density at radius 1 is 1.09 bits per heavy atom. The molecule has 1 aliphatic heterocycles. The number of nitrogens with one attached hydrogen (secondary N) is 1. The van der Waals surface area contributed by atoms with Crippen LogP contribution in [0.25, 0.3) is 0 Å². The van der Waals surface area contributed by atoms with Crippen LogP contribution in [0.15, 0.2) is 48.7 Å². The van der Waals surface area contributed by atoms with E-state index in [2.05, 4.69) is 14.6 Å². The molecule has 2 aromatic rings. The third kappa shape index (κ3) is 6.05. The molecule has 1 saturated carbocycles. The van der Waals surface area contributed by atoms with Gasteiger partial charge >= 0.3 is 0 Å². The summed E-state index contributed by atoms with van der Waals surface area (Å²) in [6.45, 7) is 1.93. The molecule has 1 N–H and O–H groups in total. The van der Waals surface area contributed by atoms with Gasteiger partial charge in [-0.05, 0) is 61.8 Å². The molecule has 0 radical (unpaired) electrons. The Morgan fingerprint density at radius 2 is 1.84 bits per heavy atom. The number of pyridine rings is 1. The molecule has 174 valence electrons. The van der Waals surface area contributed by atoms with Crippen LogP contribution in [0.2, 0.25) is 0 Å². The van der Waals surface area contributed by atoms with Crippen LogP contribution in [0.4, 0.5) is 10.2 Å². The number of rotatable bonds is 7. The number of hydrogen-bond acceptors (Lipinski definition) is 5. The van der Waals surface area contributed by atoms with Crippen molar-refractivity contribution in [2.45, 2.75) is 50.2 Å². The summed E-state index contributed by atoms with van der Waals surface area (Å²) in [7, 11) is -3.30. The van der Waals surface area contributed by atoms with Crippen molar-refractivity contribution >= 4 is 15.8 Å². The van der Waals surface area contributed by atoms with E-state index in [4.69, 9.17) is 4.74 Å². The predicted molar refractivity (Wildman–Crippen MR) is 124 cm³/mol. The zero-order valence-electron chi connectivity index (χ0n) is 18.5. The third-order valence-electron chi connectivity index (χ3n) is 6.64. The van der Waals surface area contributed by atoms with E-state index in [9.17, 15) is 12.8 Å². The second-order valence-corrected chi connectivity index (χ2v) is 10.8. The summed E-state index contributed by atoms with van der Waals surface area (Å²) >= 11 is 0. The topological polar surface area (TPSA) is 71.5 Å². The predicted octanol–water partition coefficient (Wildman–Crippen LogP) is 3.71. The second-order valence-electron chi connectivity index (χ2n) is 9.01. The highest BCUT2D eigenvalue weighted by Gasteiger charge is 2.33. The average molecular weight is 462 g/mol. The molecular weight excluding hydrogens is 429 g/mol. The monoisotopic (exact) mass is 461 g/mol. The molecule has 32 heavy (non-hydrogen) atoms. The third-order valence-corrected chi connectivity index (χ3v) is 7.37. The van der Waals surface area contributed by atoms with Crippen LogP contribution in [0, 0.1) is 11.7 Å². The first-order chi connectivity index (χ1) is 15.4. The number of sulfonamides is 1. The molecule has 2 aliphatic rings. The number of benzene rings is 1. The molecule has 2 fully saturated rings. The highest BCUT2D eigenvalue weighted by molar-refractivity contribution is 7.88. The summed E-state index contributed by atoms with van der Waals surface area (Å²) in [6.07, 6.45) is 7.40. The molecule has 2 atom stereocenters. The molecule has 1 saturated heterocycles. The molecule has 8 heteroatoms. The Hall–Kier alpha value is -2.03. The highest BCUT2D eigenvalue weighted by Crippen LogP contribution is 2.35. The van der Waals surface area contributed by atoms with Crippen LogP contribution < -0.4 is 9.62 Å². The lowest BCUT2D eigenvalue weighted by molar-refractivity contribution is -0.00229. The lowest BCUT2D eigenvalue weighted by Crippen LogP contribution is -2.52. The van der Waals surface area contributed by atoms with Gasteiger partial charge in [-0.1, -0.05) is 24.3 Å². The summed E-state index contributed by atoms with van der Waals surface area (Å²) in [5, 5.41) is 0. The molecule has 6 nitrogen and oxygen atoms in total. The van der Waals surface area contributed by atoms with Crippen molar-refractivity contribution in [2.24, 2.45) is 5.92 Å². The smallest absolute Gasteiger partial charge is 0.208 e. The molecule has 0 amide bonds. The van der Waals surface area contributed by atoms with Crippen LogP contribution in [-0.2, 0) is 14.8 Å². The number of ether oxygens (including phenoxy) is 1. The first-order valence-corrected chi connectivity index (χ1v) is 13.3. The van der Waals surface area contributed by atoms with Gasteiger partial charge < -0.3 is 9.64 Å². The zero-order valence-corrected chi connectivity index (χ0v) is 19.3. The highest BCUT2D eigenvalue weighted by atomic mass is 32.2. The normalized spacial score (nSPS) is 26.8. The summed E-state index contributed by atoms with van der Waals surface area (Å²) in [5.41, 5.74) is 0.807. The van der Waals surface area contributed by atoms with Crippen molar-refractivity contribution in [2.75, 3.05) is 30.9 Å². The Balaban J connectivity index is 1.35. The molecule has 4 rings (SSSR count). The summed E-state index contributed by atoms with van der Waals surface area (Å²) < 4.78 is 47.0. The molecule has 0 spiro atoms. The van der Waals surface area contributed by atoms with E-state index in [-0.39, 0.29) is 29.8 Å². The Morgan fingerprint density at radius 3 is 2.53 bits per heavy atom. The van der Waals surface area contributed by atoms with Crippen molar-refractivity contribution in [3.05, 3.63) is 60.0 Å². The fourth-order valence-electron chi connectivity index (χ4n) is 4.99. The number of nitrogens with zero attached hydrogens (tertiary/aromatic N) is 2. The van der Waals surface area contributed by atoms with E-state index in [0.717, 1.165) is 43.6 Å². The van der Waals surface area contributed by atoms with Gasteiger partial charge in [0.25, 0.3) is 0 Å². The molecule has 1 aromatic carbocycles. The quantitative estimate of drug-likeness (QED) is 0.681. The van der Waals surface area contributed by atoms with Crippen LogP contribution in [0.5, 0.6) is 0 Å². The largest absolute Gasteiger partial charge is 0.378 e. The number of hydrogen-bond donors (Lipinski definition) is 1. The maximum absolute atomic E-state index is 14.1. The van der Waals surface area contributed by atoms with Gasteiger partial charge in [0, 0.05) is 31.2 Å². The first kappa shape index (κ1) is 23.1. The van der Waals surface area contributed by atoms with E-state index in [1.54, 1.807) is 12.3 Å². The number of aromatic nitrogens is 1. The number of piperidine rings is 1. The summed E-state index contributed by atoms with van der Waals surface area (Å²) in [5.74, 6) is 1.05.